The molecule has 2 aromatic carbocycles. The van der Waals surface area contributed by atoms with Gasteiger partial charge in [0, 0.05) is 17.4 Å². The van der Waals surface area contributed by atoms with Gasteiger partial charge in [-0.15, -0.1) is 0 Å². The molecule has 6 nitrogen and oxygen atoms in total. The highest BCUT2D eigenvalue weighted by Crippen LogP contribution is 2.20. The summed E-state index contributed by atoms with van der Waals surface area (Å²) < 4.78 is 28.3. The van der Waals surface area contributed by atoms with Gasteiger partial charge in [-0.2, -0.15) is 0 Å². The molecule has 0 aromatic heterocycles. The smallest absolute Gasteiger partial charge is 0.331 e. The largest absolute Gasteiger partial charge is 0.452 e. The van der Waals surface area contributed by atoms with Gasteiger partial charge in [-0.1, -0.05) is 35.9 Å². The molecule has 8 heteroatoms. The van der Waals surface area contributed by atoms with Crippen molar-refractivity contribution in [2.24, 2.45) is 0 Å². The number of anilines is 1. The highest BCUT2D eigenvalue weighted by molar-refractivity contribution is 7.90. The Bertz CT molecular complexity index is 999. The van der Waals surface area contributed by atoms with Crippen molar-refractivity contribution in [2.75, 3.05) is 18.2 Å². The average Bonchev–Trinajstić information content (AvgIpc) is 2.60. The van der Waals surface area contributed by atoms with E-state index in [9.17, 15) is 18.0 Å². The summed E-state index contributed by atoms with van der Waals surface area (Å²) in [6.07, 6.45) is 3.74. The molecule has 0 atom stereocenters. The summed E-state index contributed by atoms with van der Waals surface area (Å²) in [7, 11) is -3.50. The van der Waals surface area contributed by atoms with E-state index >= 15 is 0 Å². The molecule has 0 aliphatic rings. The minimum Gasteiger partial charge on any atom is -0.452 e. The van der Waals surface area contributed by atoms with E-state index in [1.807, 2.05) is 13.0 Å². The van der Waals surface area contributed by atoms with Gasteiger partial charge < -0.3 is 10.1 Å². The van der Waals surface area contributed by atoms with Crippen molar-refractivity contribution >= 4 is 45.1 Å². The molecule has 1 amide bonds. The van der Waals surface area contributed by atoms with E-state index in [-0.39, 0.29) is 10.6 Å². The molecular formula is C19H18ClNO5S. The van der Waals surface area contributed by atoms with E-state index in [1.165, 1.54) is 24.3 Å². The van der Waals surface area contributed by atoms with Gasteiger partial charge in [-0.25, -0.2) is 13.2 Å². The number of aryl methyl sites for hydroxylation is 1. The Labute approximate surface area is 162 Å². The van der Waals surface area contributed by atoms with Gasteiger partial charge >= 0.3 is 5.97 Å². The number of para-hydroxylation sites is 1. The monoisotopic (exact) mass is 407 g/mol. The fourth-order valence-corrected chi connectivity index (χ4v) is 3.17. The van der Waals surface area contributed by atoms with Crippen LogP contribution in [0.15, 0.2) is 53.4 Å². The number of rotatable bonds is 6. The second kappa shape index (κ2) is 8.83. The van der Waals surface area contributed by atoms with Gasteiger partial charge in [0.1, 0.15) is 0 Å². The highest BCUT2D eigenvalue weighted by atomic mass is 35.5. The van der Waals surface area contributed by atoms with E-state index in [1.54, 1.807) is 24.3 Å². The number of esters is 1. The quantitative estimate of drug-likeness (QED) is 0.586. The Morgan fingerprint density at radius 2 is 1.89 bits per heavy atom. The zero-order chi connectivity index (χ0) is 20.0. The van der Waals surface area contributed by atoms with E-state index < -0.39 is 28.3 Å². The summed E-state index contributed by atoms with van der Waals surface area (Å²) in [5.41, 5.74) is 1.77. The van der Waals surface area contributed by atoms with Crippen LogP contribution in [0.4, 0.5) is 5.69 Å². The maximum absolute atomic E-state index is 11.9. The first-order valence-electron chi connectivity index (χ1n) is 7.87. The predicted octanol–water partition coefficient (Wildman–Crippen LogP) is 3.25. The molecule has 142 valence electrons. The molecule has 0 unspecified atom stereocenters. The van der Waals surface area contributed by atoms with Gasteiger partial charge in [-0.3, -0.25) is 4.79 Å². The van der Waals surface area contributed by atoms with Gasteiger partial charge in [0.25, 0.3) is 5.91 Å². The summed E-state index contributed by atoms with van der Waals surface area (Å²) in [6, 6.07) is 11.3. The SMILES string of the molecule is Cc1ccc(/C=C/C(=O)OCC(=O)Nc2ccccc2S(C)(=O)=O)cc1Cl. The molecule has 0 aliphatic carbocycles. The number of sulfone groups is 1. The van der Waals surface area contributed by atoms with Crippen molar-refractivity contribution in [3.63, 3.8) is 0 Å². The van der Waals surface area contributed by atoms with Crippen molar-refractivity contribution in [3.05, 3.63) is 64.7 Å². The molecule has 27 heavy (non-hydrogen) atoms. The molecule has 2 aromatic rings. The zero-order valence-electron chi connectivity index (χ0n) is 14.7. The molecule has 0 heterocycles. The first kappa shape index (κ1) is 20.7. The molecule has 0 radical (unpaired) electrons. The van der Waals surface area contributed by atoms with Crippen LogP contribution >= 0.6 is 11.6 Å². The van der Waals surface area contributed by atoms with Crippen LogP contribution in [-0.2, 0) is 24.2 Å². The number of benzene rings is 2. The van der Waals surface area contributed by atoms with Gasteiger partial charge in [0.05, 0.1) is 10.6 Å². The average molecular weight is 408 g/mol. The number of nitrogens with one attached hydrogen (secondary N) is 1. The predicted molar refractivity (Wildman–Crippen MR) is 104 cm³/mol. The molecule has 0 fully saturated rings. The third-order valence-electron chi connectivity index (χ3n) is 3.51. The Balaban J connectivity index is 1.93. The van der Waals surface area contributed by atoms with Gasteiger partial charge in [-0.05, 0) is 42.3 Å². The van der Waals surface area contributed by atoms with Crippen LogP contribution < -0.4 is 5.32 Å². The number of hydrogen-bond donors (Lipinski definition) is 1. The summed E-state index contributed by atoms with van der Waals surface area (Å²) in [5.74, 6) is -1.36. The first-order chi connectivity index (χ1) is 12.7. The zero-order valence-corrected chi connectivity index (χ0v) is 16.3. The lowest BCUT2D eigenvalue weighted by Crippen LogP contribution is -2.21. The lowest BCUT2D eigenvalue weighted by Gasteiger charge is -2.09. The molecule has 0 saturated heterocycles. The minimum absolute atomic E-state index is 0.0131. The topological polar surface area (TPSA) is 89.5 Å². The molecule has 2 rings (SSSR count). The van der Waals surface area contributed by atoms with E-state index in [4.69, 9.17) is 16.3 Å². The van der Waals surface area contributed by atoms with Crippen molar-refractivity contribution in [1.29, 1.82) is 0 Å². The second-order valence-corrected chi connectivity index (χ2v) is 8.16. The van der Waals surface area contributed by atoms with Crippen molar-refractivity contribution in [2.45, 2.75) is 11.8 Å². The van der Waals surface area contributed by atoms with E-state index in [0.717, 1.165) is 11.8 Å². The third-order valence-corrected chi connectivity index (χ3v) is 5.08. The molecule has 0 spiro atoms. The molecule has 0 saturated carbocycles. The highest BCUT2D eigenvalue weighted by Gasteiger charge is 2.15. The summed E-state index contributed by atoms with van der Waals surface area (Å²) in [4.78, 5) is 23.6. The van der Waals surface area contributed by atoms with Crippen LogP contribution in [0.5, 0.6) is 0 Å². The van der Waals surface area contributed by atoms with Crippen LogP contribution in [0.2, 0.25) is 5.02 Å². The Morgan fingerprint density at radius 1 is 1.19 bits per heavy atom. The summed E-state index contributed by atoms with van der Waals surface area (Å²) in [6.45, 7) is 1.32. The second-order valence-electron chi connectivity index (χ2n) is 5.77. The van der Waals surface area contributed by atoms with Gasteiger partial charge in [0.15, 0.2) is 16.4 Å². The number of amides is 1. The molecular weight excluding hydrogens is 390 g/mol. The summed E-state index contributed by atoms with van der Waals surface area (Å²) in [5, 5.41) is 3.00. The van der Waals surface area contributed by atoms with Crippen LogP contribution in [0.3, 0.4) is 0 Å². The number of carbonyl (C=O) groups excluding carboxylic acids is 2. The standard InChI is InChI=1S/C19H18ClNO5S/c1-13-7-8-14(11-15(13)20)9-10-19(23)26-12-18(22)21-16-5-3-4-6-17(16)27(2,24)25/h3-11H,12H2,1-2H3,(H,21,22)/b10-9+. The Morgan fingerprint density at radius 3 is 2.56 bits per heavy atom. The normalized spacial score (nSPS) is 11.4. The molecule has 1 N–H and O–H groups in total. The Hall–Kier alpha value is -2.64. The lowest BCUT2D eigenvalue weighted by molar-refractivity contribution is -0.142. The van der Waals surface area contributed by atoms with E-state index in [0.29, 0.717) is 10.6 Å². The number of halogens is 1. The lowest BCUT2D eigenvalue weighted by atomic mass is 10.1. The van der Waals surface area contributed by atoms with Crippen LogP contribution in [0.1, 0.15) is 11.1 Å². The molecule has 0 bridgehead atoms. The summed E-state index contributed by atoms with van der Waals surface area (Å²) >= 11 is 6.01. The first-order valence-corrected chi connectivity index (χ1v) is 10.1. The fraction of sp³-hybridized carbons (Fsp3) is 0.158. The van der Waals surface area contributed by atoms with Crippen LogP contribution in [0.25, 0.3) is 6.08 Å². The van der Waals surface area contributed by atoms with Crippen molar-refractivity contribution in [3.8, 4) is 0 Å². The fourth-order valence-electron chi connectivity index (χ4n) is 2.14. The third kappa shape index (κ3) is 6.23. The van der Waals surface area contributed by atoms with Gasteiger partial charge in [0.2, 0.25) is 0 Å². The van der Waals surface area contributed by atoms with E-state index in [2.05, 4.69) is 5.32 Å². The van der Waals surface area contributed by atoms with Crippen molar-refractivity contribution in [1.82, 2.24) is 0 Å². The minimum atomic E-state index is -3.50. The van der Waals surface area contributed by atoms with Crippen LogP contribution in [0, 0.1) is 6.92 Å². The van der Waals surface area contributed by atoms with Crippen LogP contribution in [-0.4, -0.2) is 33.2 Å². The Kier molecular flexibility index (Phi) is 6.76. The maximum Gasteiger partial charge on any atom is 0.331 e. The molecule has 0 aliphatic heterocycles. The number of ether oxygens (including phenoxy) is 1. The number of hydrogen-bond acceptors (Lipinski definition) is 5. The number of carbonyl (C=O) groups is 2. The maximum atomic E-state index is 11.9. The van der Waals surface area contributed by atoms with Crippen molar-refractivity contribution < 1.29 is 22.7 Å².